The summed E-state index contributed by atoms with van der Waals surface area (Å²) in [5, 5.41) is 0.347. The first kappa shape index (κ1) is 18.8. The molecule has 0 heterocycles. The molecular formula is C15H23ClN2O3S. The summed E-state index contributed by atoms with van der Waals surface area (Å²) in [7, 11) is -1.77. The van der Waals surface area contributed by atoms with E-state index in [1.165, 1.54) is 4.31 Å². The van der Waals surface area contributed by atoms with Crippen LogP contribution in [0.3, 0.4) is 0 Å². The van der Waals surface area contributed by atoms with Crippen molar-refractivity contribution in [2.45, 2.75) is 26.2 Å². The molecule has 0 aromatic heterocycles. The molecule has 0 saturated carbocycles. The van der Waals surface area contributed by atoms with Crippen molar-refractivity contribution in [1.29, 1.82) is 0 Å². The van der Waals surface area contributed by atoms with E-state index in [4.69, 9.17) is 11.6 Å². The van der Waals surface area contributed by atoms with Crippen molar-refractivity contribution in [3.63, 3.8) is 0 Å². The number of hydrogen-bond acceptors (Lipinski definition) is 3. The van der Waals surface area contributed by atoms with E-state index in [2.05, 4.69) is 6.92 Å². The fourth-order valence-corrected chi connectivity index (χ4v) is 3.25. The molecule has 1 aromatic carbocycles. The number of unbranched alkanes of at least 4 members (excludes halogenated alkanes) is 1. The van der Waals surface area contributed by atoms with Crippen LogP contribution in [0, 0.1) is 0 Å². The first-order valence-corrected chi connectivity index (χ1v) is 9.46. The van der Waals surface area contributed by atoms with Crippen LogP contribution in [-0.2, 0) is 14.8 Å². The summed E-state index contributed by atoms with van der Waals surface area (Å²) in [6.45, 7) is 2.82. The zero-order valence-corrected chi connectivity index (χ0v) is 14.8. The molecule has 0 aliphatic carbocycles. The highest BCUT2D eigenvalue weighted by Crippen LogP contribution is 2.27. The lowest BCUT2D eigenvalue weighted by atomic mass is 10.3. The molecule has 1 aromatic rings. The monoisotopic (exact) mass is 346 g/mol. The normalized spacial score (nSPS) is 11.3. The molecule has 0 radical (unpaired) electrons. The summed E-state index contributed by atoms with van der Waals surface area (Å²) in [5.74, 6) is -0.0749. The molecule has 0 aliphatic heterocycles. The second-order valence-electron chi connectivity index (χ2n) is 5.21. The van der Waals surface area contributed by atoms with E-state index in [9.17, 15) is 13.2 Å². The summed E-state index contributed by atoms with van der Waals surface area (Å²) >= 11 is 6.07. The number of hydrogen-bond donors (Lipinski definition) is 0. The average Bonchev–Trinajstić information content (AvgIpc) is 2.45. The summed E-state index contributed by atoms with van der Waals surface area (Å²) in [5.41, 5.74) is 0.399. The van der Waals surface area contributed by atoms with Gasteiger partial charge < -0.3 is 4.90 Å². The molecule has 1 rings (SSSR count). The molecule has 0 N–H and O–H groups in total. The van der Waals surface area contributed by atoms with Gasteiger partial charge >= 0.3 is 0 Å². The Morgan fingerprint density at radius 3 is 2.41 bits per heavy atom. The third kappa shape index (κ3) is 5.50. The lowest BCUT2D eigenvalue weighted by Gasteiger charge is -2.24. The summed E-state index contributed by atoms with van der Waals surface area (Å²) in [4.78, 5) is 13.7. The Kier molecular flexibility index (Phi) is 7.16. The highest BCUT2D eigenvalue weighted by atomic mass is 35.5. The first-order chi connectivity index (χ1) is 10.3. The van der Waals surface area contributed by atoms with E-state index >= 15 is 0 Å². The second kappa shape index (κ2) is 8.39. The highest BCUT2D eigenvalue weighted by molar-refractivity contribution is 7.92. The number of nitrogens with zero attached hydrogens (tertiary/aromatic N) is 2. The maximum Gasteiger partial charge on any atom is 0.232 e. The van der Waals surface area contributed by atoms with E-state index in [1.807, 2.05) is 0 Å². The van der Waals surface area contributed by atoms with Crippen LogP contribution in [0.2, 0.25) is 5.02 Å². The third-order valence-corrected chi connectivity index (χ3v) is 4.82. The Morgan fingerprint density at radius 2 is 1.86 bits per heavy atom. The Hall–Kier alpha value is -1.27. The lowest BCUT2D eigenvalue weighted by molar-refractivity contribution is -0.129. The van der Waals surface area contributed by atoms with Gasteiger partial charge in [-0.15, -0.1) is 0 Å². The van der Waals surface area contributed by atoms with E-state index < -0.39 is 10.0 Å². The van der Waals surface area contributed by atoms with Gasteiger partial charge in [0.2, 0.25) is 15.9 Å². The minimum absolute atomic E-state index is 0.0749. The quantitative estimate of drug-likeness (QED) is 0.727. The fraction of sp³-hybridized carbons (Fsp3) is 0.533. The molecule has 124 valence electrons. The van der Waals surface area contributed by atoms with Crippen LogP contribution < -0.4 is 4.31 Å². The van der Waals surface area contributed by atoms with Gasteiger partial charge in [-0.3, -0.25) is 9.10 Å². The van der Waals surface area contributed by atoms with E-state index in [0.717, 1.165) is 19.1 Å². The Balaban J connectivity index is 2.81. The van der Waals surface area contributed by atoms with Gasteiger partial charge in [-0.1, -0.05) is 37.1 Å². The van der Waals surface area contributed by atoms with Crippen molar-refractivity contribution in [3.8, 4) is 0 Å². The Morgan fingerprint density at radius 1 is 1.23 bits per heavy atom. The summed E-state index contributed by atoms with van der Waals surface area (Å²) < 4.78 is 25.1. The molecule has 0 atom stereocenters. The van der Waals surface area contributed by atoms with Gasteiger partial charge in [0.05, 0.1) is 17.0 Å². The highest BCUT2D eigenvalue weighted by Gasteiger charge is 2.21. The maximum absolute atomic E-state index is 12.1. The predicted molar refractivity (Wildman–Crippen MR) is 90.8 cm³/mol. The number of halogens is 1. The maximum atomic E-state index is 12.1. The second-order valence-corrected chi connectivity index (χ2v) is 7.52. The van der Waals surface area contributed by atoms with Crippen molar-refractivity contribution in [2.75, 3.05) is 30.7 Å². The average molecular weight is 347 g/mol. The van der Waals surface area contributed by atoms with Crippen LogP contribution in [0.25, 0.3) is 0 Å². The van der Waals surface area contributed by atoms with Crippen molar-refractivity contribution in [1.82, 2.24) is 4.90 Å². The fourth-order valence-electron chi connectivity index (χ4n) is 2.03. The number of carbonyl (C=O) groups excluding carboxylic acids is 1. The van der Waals surface area contributed by atoms with Crippen LogP contribution in [0.1, 0.15) is 26.2 Å². The summed E-state index contributed by atoms with van der Waals surface area (Å²) in [6.07, 6.45) is 3.18. The Bertz CT molecular complexity index is 605. The van der Waals surface area contributed by atoms with Crippen molar-refractivity contribution in [2.24, 2.45) is 0 Å². The van der Waals surface area contributed by atoms with Gasteiger partial charge in [0.15, 0.2) is 0 Å². The minimum atomic E-state index is -3.50. The number of amides is 1. The van der Waals surface area contributed by atoms with Crippen molar-refractivity contribution < 1.29 is 13.2 Å². The van der Waals surface area contributed by atoms with Crippen molar-refractivity contribution >= 4 is 33.2 Å². The van der Waals surface area contributed by atoms with Crippen LogP contribution in [0.4, 0.5) is 5.69 Å². The smallest absolute Gasteiger partial charge is 0.232 e. The van der Waals surface area contributed by atoms with E-state index in [-0.39, 0.29) is 18.9 Å². The molecule has 5 nitrogen and oxygen atoms in total. The predicted octanol–water partition coefficient (Wildman–Crippen LogP) is 2.75. The molecule has 0 spiro atoms. The number of benzene rings is 1. The van der Waals surface area contributed by atoms with Crippen LogP contribution in [0.15, 0.2) is 24.3 Å². The van der Waals surface area contributed by atoms with Gasteiger partial charge in [-0.2, -0.15) is 0 Å². The Labute approximate surface area is 137 Å². The van der Waals surface area contributed by atoms with Crippen LogP contribution in [-0.4, -0.2) is 45.6 Å². The van der Waals surface area contributed by atoms with Gasteiger partial charge in [0, 0.05) is 26.6 Å². The zero-order valence-electron chi connectivity index (χ0n) is 13.3. The molecule has 0 saturated heterocycles. The number of rotatable bonds is 8. The largest absolute Gasteiger partial charge is 0.346 e. The molecule has 0 aliphatic rings. The third-order valence-electron chi connectivity index (χ3n) is 3.32. The number of sulfonamides is 1. The van der Waals surface area contributed by atoms with Gasteiger partial charge in [-0.05, 0) is 18.6 Å². The molecule has 22 heavy (non-hydrogen) atoms. The van der Waals surface area contributed by atoms with E-state index in [1.54, 1.807) is 36.2 Å². The van der Waals surface area contributed by atoms with Gasteiger partial charge in [-0.25, -0.2) is 8.42 Å². The van der Waals surface area contributed by atoms with Crippen molar-refractivity contribution in [3.05, 3.63) is 29.3 Å². The minimum Gasteiger partial charge on any atom is -0.346 e. The zero-order chi connectivity index (χ0) is 16.8. The van der Waals surface area contributed by atoms with Gasteiger partial charge in [0.25, 0.3) is 0 Å². The molecule has 0 bridgehead atoms. The van der Waals surface area contributed by atoms with Crippen LogP contribution >= 0.6 is 11.6 Å². The number of para-hydroxylation sites is 1. The SMILES string of the molecule is CCCCN(C)C(=O)CCN(c1ccccc1Cl)S(C)(=O)=O. The lowest BCUT2D eigenvalue weighted by Crippen LogP contribution is -2.35. The standard InChI is InChI=1S/C15H23ClN2O3S/c1-4-5-11-17(2)15(19)10-12-18(22(3,20)21)14-9-7-6-8-13(14)16/h6-9H,4-5,10-12H2,1-3H3. The van der Waals surface area contributed by atoms with Crippen LogP contribution in [0.5, 0.6) is 0 Å². The topological polar surface area (TPSA) is 57.7 Å². The van der Waals surface area contributed by atoms with E-state index in [0.29, 0.717) is 17.3 Å². The molecule has 0 fully saturated rings. The molecule has 1 amide bonds. The molecule has 7 heteroatoms. The number of anilines is 1. The molecular weight excluding hydrogens is 324 g/mol. The molecule has 0 unspecified atom stereocenters. The first-order valence-electron chi connectivity index (χ1n) is 7.23. The summed E-state index contributed by atoms with van der Waals surface area (Å²) in [6, 6.07) is 6.71. The number of carbonyl (C=O) groups is 1. The van der Waals surface area contributed by atoms with Gasteiger partial charge in [0.1, 0.15) is 0 Å².